The number of benzene rings is 1. The van der Waals surface area contributed by atoms with Crippen molar-refractivity contribution in [2.45, 2.75) is 20.8 Å². The van der Waals surface area contributed by atoms with Crippen molar-refractivity contribution in [1.29, 1.82) is 0 Å². The summed E-state index contributed by atoms with van der Waals surface area (Å²) in [5.74, 6) is 0. The Labute approximate surface area is 154 Å². The third kappa shape index (κ3) is 6.68. The van der Waals surface area contributed by atoms with Crippen LogP contribution in [-0.2, 0) is 14.2 Å². The van der Waals surface area contributed by atoms with Crippen LogP contribution in [0.4, 0.5) is 37.1 Å². The van der Waals surface area contributed by atoms with E-state index >= 15 is 0 Å². The summed E-state index contributed by atoms with van der Waals surface area (Å²) in [6.45, 7) is 4.88. The molecule has 0 radical (unpaired) electrons. The van der Waals surface area contributed by atoms with Crippen LogP contribution in [0, 0.1) is 10.1 Å². The summed E-state index contributed by atoms with van der Waals surface area (Å²) < 4.78 is 14.1. The number of carbonyl (C=O) groups is 3. The maximum Gasteiger partial charge on any atom is 0.411 e. The number of carbonyl (C=O) groups excluding carboxylic acids is 3. The molecule has 1 aromatic rings. The molecule has 12 nitrogen and oxygen atoms in total. The first kappa shape index (κ1) is 21.5. The number of hydrogen-bond acceptors (Lipinski definition) is 8. The number of rotatable bonds is 7. The van der Waals surface area contributed by atoms with Gasteiger partial charge in [-0.3, -0.25) is 26.1 Å². The number of amides is 3. The van der Waals surface area contributed by atoms with E-state index in [1.165, 1.54) is 0 Å². The molecule has 0 aromatic heterocycles. The summed E-state index contributed by atoms with van der Waals surface area (Å²) in [5, 5.41) is 18.2. The predicted molar refractivity (Wildman–Crippen MR) is 95.0 cm³/mol. The van der Waals surface area contributed by atoms with E-state index in [1.807, 2.05) is 0 Å². The molecule has 0 atom stereocenters. The minimum absolute atomic E-state index is 0.0256. The number of anilines is 3. The van der Waals surface area contributed by atoms with E-state index in [1.54, 1.807) is 20.8 Å². The molecule has 0 fully saturated rings. The topological polar surface area (TPSA) is 158 Å². The van der Waals surface area contributed by atoms with Gasteiger partial charge < -0.3 is 14.2 Å². The molecular weight excluding hydrogens is 364 g/mol. The van der Waals surface area contributed by atoms with Gasteiger partial charge in [0.1, 0.15) is 11.4 Å². The monoisotopic (exact) mass is 384 g/mol. The van der Waals surface area contributed by atoms with E-state index in [-0.39, 0.29) is 36.9 Å². The van der Waals surface area contributed by atoms with Crippen LogP contribution in [0.5, 0.6) is 0 Å². The van der Waals surface area contributed by atoms with Crippen LogP contribution in [0.25, 0.3) is 0 Å². The van der Waals surface area contributed by atoms with E-state index in [0.29, 0.717) is 0 Å². The Hall–Kier alpha value is -3.57. The number of nitro benzene ring substituents is 1. The van der Waals surface area contributed by atoms with Gasteiger partial charge in [-0.25, -0.2) is 14.4 Å². The first-order valence-electron chi connectivity index (χ1n) is 7.96. The summed E-state index contributed by atoms with van der Waals surface area (Å²) in [7, 11) is 0. The quantitative estimate of drug-likeness (QED) is 0.367. The van der Waals surface area contributed by atoms with Crippen molar-refractivity contribution in [2.75, 3.05) is 35.8 Å². The van der Waals surface area contributed by atoms with Crippen LogP contribution in [-0.4, -0.2) is 43.0 Å². The highest BCUT2D eigenvalue weighted by Gasteiger charge is 2.25. The maximum atomic E-state index is 11.7. The summed E-state index contributed by atoms with van der Waals surface area (Å²) in [6.07, 6.45) is -2.72. The number of nitrogens with zero attached hydrogens (tertiary/aromatic N) is 1. The lowest BCUT2D eigenvalue weighted by Gasteiger charge is -2.13. The first-order chi connectivity index (χ1) is 12.8. The zero-order valence-electron chi connectivity index (χ0n) is 15.0. The summed E-state index contributed by atoms with van der Waals surface area (Å²) in [5.41, 5.74) is -1.21. The van der Waals surface area contributed by atoms with Gasteiger partial charge >= 0.3 is 24.0 Å². The molecule has 12 heteroatoms. The van der Waals surface area contributed by atoms with Crippen LogP contribution in [0.1, 0.15) is 20.8 Å². The number of hydrogen-bond donors (Lipinski definition) is 3. The molecule has 0 heterocycles. The molecule has 1 aromatic carbocycles. The van der Waals surface area contributed by atoms with E-state index in [2.05, 4.69) is 16.0 Å². The fourth-order valence-electron chi connectivity index (χ4n) is 1.93. The Morgan fingerprint density at radius 2 is 1.22 bits per heavy atom. The van der Waals surface area contributed by atoms with E-state index < -0.39 is 28.9 Å². The van der Waals surface area contributed by atoms with Crippen LogP contribution < -0.4 is 16.0 Å². The van der Waals surface area contributed by atoms with Crippen molar-refractivity contribution in [3.8, 4) is 0 Å². The molecule has 0 saturated carbocycles. The molecule has 148 valence electrons. The molecule has 0 unspecified atom stereocenters. The third-order valence-corrected chi connectivity index (χ3v) is 2.84. The molecule has 1 rings (SSSR count). The van der Waals surface area contributed by atoms with Crippen LogP contribution in [0.2, 0.25) is 0 Å². The molecule has 3 amide bonds. The van der Waals surface area contributed by atoms with E-state index in [0.717, 1.165) is 12.1 Å². The first-order valence-corrected chi connectivity index (χ1v) is 7.96. The van der Waals surface area contributed by atoms with Crippen molar-refractivity contribution in [1.82, 2.24) is 0 Å². The van der Waals surface area contributed by atoms with Crippen LogP contribution in [0.3, 0.4) is 0 Å². The summed E-state index contributed by atoms with van der Waals surface area (Å²) in [4.78, 5) is 45.6. The lowest BCUT2D eigenvalue weighted by Crippen LogP contribution is -2.19. The minimum atomic E-state index is -0.948. The second kappa shape index (κ2) is 10.4. The predicted octanol–water partition coefficient (Wildman–Crippen LogP) is 3.30. The van der Waals surface area contributed by atoms with Gasteiger partial charge in [0.05, 0.1) is 24.7 Å². The fraction of sp³-hybridized carbons (Fsp3) is 0.400. The van der Waals surface area contributed by atoms with Crippen LogP contribution >= 0.6 is 0 Å². The Morgan fingerprint density at radius 3 is 1.56 bits per heavy atom. The Balaban J connectivity index is 3.36. The SMILES string of the molecule is CCOC(=O)Nc1cc(NC(=O)OCC)c([N+](=O)[O-])c(NC(=O)OCC)c1. The number of ether oxygens (including phenoxy) is 3. The standard InChI is InChI=1S/C15H20N4O8/c1-4-25-13(20)16-9-7-10(17-14(21)26-5-2)12(19(23)24)11(8-9)18-15(22)27-6-3/h7-8H,4-6H2,1-3H3,(H,16,20)(H,17,21)(H,18,22). The highest BCUT2D eigenvalue weighted by atomic mass is 16.6. The minimum Gasteiger partial charge on any atom is -0.450 e. The van der Waals surface area contributed by atoms with E-state index in [4.69, 9.17) is 14.2 Å². The fourth-order valence-corrected chi connectivity index (χ4v) is 1.93. The van der Waals surface area contributed by atoms with Crippen molar-refractivity contribution in [2.24, 2.45) is 0 Å². The van der Waals surface area contributed by atoms with Crippen LogP contribution in [0.15, 0.2) is 12.1 Å². The molecule has 0 spiro atoms. The van der Waals surface area contributed by atoms with Gasteiger partial charge in [-0.2, -0.15) is 0 Å². The lowest BCUT2D eigenvalue weighted by molar-refractivity contribution is -0.383. The molecule has 3 N–H and O–H groups in total. The Bertz CT molecular complexity index is 681. The lowest BCUT2D eigenvalue weighted by atomic mass is 10.2. The second-order valence-corrected chi connectivity index (χ2v) is 4.71. The van der Waals surface area contributed by atoms with Crippen molar-refractivity contribution in [3.05, 3.63) is 22.2 Å². The molecule has 27 heavy (non-hydrogen) atoms. The zero-order chi connectivity index (χ0) is 20.4. The molecule has 0 bridgehead atoms. The second-order valence-electron chi connectivity index (χ2n) is 4.71. The highest BCUT2D eigenvalue weighted by Crippen LogP contribution is 2.37. The van der Waals surface area contributed by atoms with Gasteiger partial charge in [0, 0.05) is 5.69 Å². The smallest absolute Gasteiger partial charge is 0.411 e. The van der Waals surface area contributed by atoms with Gasteiger partial charge in [-0.05, 0) is 32.9 Å². The number of nitrogens with one attached hydrogen (secondary N) is 3. The van der Waals surface area contributed by atoms with Gasteiger partial charge in [0.25, 0.3) is 0 Å². The average Bonchev–Trinajstić information content (AvgIpc) is 2.54. The van der Waals surface area contributed by atoms with Gasteiger partial charge in [0.15, 0.2) is 0 Å². The highest BCUT2D eigenvalue weighted by molar-refractivity contribution is 5.98. The largest absolute Gasteiger partial charge is 0.450 e. The number of nitro groups is 1. The normalized spacial score (nSPS) is 9.74. The van der Waals surface area contributed by atoms with Gasteiger partial charge in [0.2, 0.25) is 0 Å². The van der Waals surface area contributed by atoms with Crippen molar-refractivity contribution < 1.29 is 33.5 Å². The molecule has 0 aliphatic heterocycles. The molecular formula is C15H20N4O8. The molecule has 0 aliphatic rings. The zero-order valence-corrected chi connectivity index (χ0v) is 15.0. The Morgan fingerprint density at radius 1 is 0.852 bits per heavy atom. The maximum absolute atomic E-state index is 11.7. The van der Waals surface area contributed by atoms with E-state index in [9.17, 15) is 24.5 Å². The molecule has 0 aliphatic carbocycles. The van der Waals surface area contributed by atoms with Crippen molar-refractivity contribution in [3.63, 3.8) is 0 Å². The van der Waals surface area contributed by atoms with Crippen molar-refractivity contribution >= 4 is 41.0 Å². The third-order valence-electron chi connectivity index (χ3n) is 2.84. The average molecular weight is 384 g/mol. The summed E-state index contributed by atoms with van der Waals surface area (Å²) in [6, 6.07) is 2.25. The molecule has 0 saturated heterocycles. The summed E-state index contributed by atoms with van der Waals surface area (Å²) >= 11 is 0. The van der Waals surface area contributed by atoms with Gasteiger partial charge in [-0.1, -0.05) is 0 Å². The Kier molecular flexibility index (Phi) is 8.29. The van der Waals surface area contributed by atoms with Gasteiger partial charge in [-0.15, -0.1) is 0 Å².